The number of carboxylic acid groups (broad SMARTS) is 1. The van der Waals surface area contributed by atoms with Gasteiger partial charge in [-0.2, -0.15) is 0 Å². The Morgan fingerprint density at radius 3 is 2.19 bits per heavy atom. The largest absolute Gasteiger partial charge is 0.481 e. The first-order valence-corrected chi connectivity index (χ1v) is 20.8. The molecule has 6 heteroatoms. The highest BCUT2D eigenvalue weighted by Crippen LogP contribution is 2.80. The van der Waals surface area contributed by atoms with E-state index in [4.69, 9.17) is 16.6 Å². The van der Waals surface area contributed by atoms with Gasteiger partial charge in [-0.05, 0) is 159 Å². The van der Waals surface area contributed by atoms with Crippen molar-refractivity contribution in [1.82, 2.24) is 4.98 Å². The van der Waals surface area contributed by atoms with Crippen LogP contribution in [-0.4, -0.2) is 26.9 Å². The monoisotopic (exact) mass is 768 g/mol. The molecule has 1 saturated carbocycles. The number of aliphatic hydroxyl groups is 1. The van der Waals surface area contributed by atoms with Crippen molar-refractivity contribution >= 4 is 51.9 Å². The van der Waals surface area contributed by atoms with Crippen LogP contribution in [0, 0.1) is 50.9 Å². The molecule has 3 atom stereocenters. The molecule has 0 spiro atoms. The molecule has 4 aromatic rings. The van der Waals surface area contributed by atoms with Crippen molar-refractivity contribution in [1.29, 1.82) is 0 Å². The Kier molecular flexibility index (Phi) is 11.1. The second-order valence-electron chi connectivity index (χ2n) is 17.7. The lowest BCUT2D eigenvalue weighted by Crippen LogP contribution is -2.28. The summed E-state index contributed by atoms with van der Waals surface area (Å²) in [6.45, 7) is 29.9. The van der Waals surface area contributed by atoms with Crippen LogP contribution in [0.2, 0.25) is 5.02 Å². The van der Waals surface area contributed by atoms with E-state index in [-0.39, 0.29) is 28.6 Å². The van der Waals surface area contributed by atoms with E-state index in [0.717, 1.165) is 67.4 Å². The fourth-order valence-corrected chi connectivity index (χ4v) is 12.1. The van der Waals surface area contributed by atoms with Gasteiger partial charge in [0.05, 0.1) is 24.6 Å². The quantitative estimate of drug-likeness (QED) is 0.142. The smallest absolute Gasteiger partial charge is 0.303 e. The number of aromatic nitrogens is 1. The average Bonchev–Trinajstić information content (AvgIpc) is 3.44. The summed E-state index contributed by atoms with van der Waals surface area (Å²) in [5, 5.41) is 23.4. The number of carbonyl (C=O) groups is 1. The maximum Gasteiger partial charge on any atom is 0.303 e. The standard InChI is InChI=1S/C48H62ClNO3S/c1-15-46(13,53)38-19-17-16-18-36(38)31(5)25-47(14,54-27-48(26-41(51)52)44(9,10)45(48,11)12)37-21-20-28(2)42(34(37)8)29(3)22-35-23-30(4)43-33(7)32(6)39(49)24-40(43)50-35/h16-24,31,53H,15,25-27H2,1-14H3,(H,51,52)/b29-22+/t31?,46?,47-/m1/s1/i22D. The summed E-state index contributed by atoms with van der Waals surface area (Å²) >= 11 is 8.50. The van der Waals surface area contributed by atoms with Gasteiger partial charge in [-0.25, -0.2) is 4.98 Å². The minimum absolute atomic E-state index is 0.0820. The molecule has 1 aromatic heterocycles. The molecule has 5 rings (SSSR count). The summed E-state index contributed by atoms with van der Waals surface area (Å²) in [5.41, 5.74) is 10.4. The van der Waals surface area contributed by atoms with Gasteiger partial charge in [0.15, 0.2) is 0 Å². The van der Waals surface area contributed by atoms with Crippen molar-refractivity contribution in [3.05, 3.63) is 109 Å². The van der Waals surface area contributed by atoms with Crippen molar-refractivity contribution in [2.24, 2.45) is 16.2 Å². The lowest BCUT2D eigenvalue weighted by atomic mass is 9.78. The molecule has 2 unspecified atom stereocenters. The SMILES string of the molecule is [2H]/C(=C(/C)c1c(C)ccc([C@@](C)(CC(C)c2ccccc2C(C)(O)CC)SCC2(CC(=O)O)C(C)(C)C2(C)C)c1C)c1cc(C)c2c(C)c(C)c(Cl)cc2n1. The molecule has 1 aliphatic carbocycles. The van der Waals surface area contributed by atoms with E-state index in [0.29, 0.717) is 28.9 Å². The van der Waals surface area contributed by atoms with E-state index in [2.05, 4.69) is 99.6 Å². The summed E-state index contributed by atoms with van der Waals surface area (Å²) in [6.07, 6.45) is 1.49. The molecule has 0 amide bonds. The van der Waals surface area contributed by atoms with Gasteiger partial charge in [-0.15, -0.1) is 11.8 Å². The van der Waals surface area contributed by atoms with Crippen LogP contribution in [0.15, 0.2) is 48.5 Å². The number of benzene rings is 3. The molecular weight excluding hydrogens is 706 g/mol. The summed E-state index contributed by atoms with van der Waals surface area (Å²) in [6, 6.07) is 17.0. The molecular formula is C48H62ClNO3S. The highest BCUT2D eigenvalue weighted by Gasteiger charge is 2.76. The second-order valence-corrected chi connectivity index (χ2v) is 19.6. The van der Waals surface area contributed by atoms with E-state index >= 15 is 0 Å². The van der Waals surface area contributed by atoms with Crippen LogP contribution in [0.5, 0.6) is 0 Å². The number of thioether (sulfide) groups is 1. The Morgan fingerprint density at radius 2 is 1.59 bits per heavy atom. The number of halogens is 1. The van der Waals surface area contributed by atoms with Crippen molar-refractivity contribution in [2.75, 3.05) is 5.75 Å². The zero-order chi connectivity index (χ0) is 41.2. The van der Waals surface area contributed by atoms with Gasteiger partial charge in [0.25, 0.3) is 0 Å². The fraction of sp³-hybridized carbons (Fsp3) is 0.500. The molecule has 0 aliphatic heterocycles. The number of aryl methyl sites for hydroxylation is 3. The minimum Gasteiger partial charge on any atom is -0.481 e. The topological polar surface area (TPSA) is 70.4 Å². The summed E-state index contributed by atoms with van der Waals surface area (Å²) in [7, 11) is 0. The summed E-state index contributed by atoms with van der Waals surface area (Å²) in [4.78, 5) is 17.4. The molecule has 1 fully saturated rings. The zero-order valence-electron chi connectivity index (χ0n) is 36.1. The van der Waals surface area contributed by atoms with Gasteiger partial charge >= 0.3 is 5.97 Å². The second kappa shape index (κ2) is 14.8. The normalized spacial score (nSPS) is 19.4. The molecule has 0 radical (unpaired) electrons. The molecule has 0 bridgehead atoms. The van der Waals surface area contributed by atoms with E-state index in [1.165, 1.54) is 5.56 Å². The Bertz CT molecular complexity index is 2190. The lowest BCUT2D eigenvalue weighted by Gasteiger charge is -2.38. The molecule has 54 heavy (non-hydrogen) atoms. The number of rotatable bonds is 13. The van der Waals surface area contributed by atoms with Crippen molar-refractivity contribution in [2.45, 2.75) is 132 Å². The molecule has 2 N–H and O–H groups in total. The van der Waals surface area contributed by atoms with E-state index in [1.54, 1.807) is 0 Å². The number of hydrogen-bond donors (Lipinski definition) is 2. The van der Waals surface area contributed by atoms with Crippen molar-refractivity contribution < 1.29 is 16.4 Å². The molecule has 4 nitrogen and oxygen atoms in total. The zero-order valence-corrected chi connectivity index (χ0v) is 36.6. The van der Waals surface area contributed by atoms with Gasteiger partial charge in [0.2, 0.25) is 0 Å². The molecule has 290 valence electrons. The number of nitrogens with zero attached hydrogens (tertiary/aromatic N) is 1. The third-order valence-corrected chi connectivity index (χ3v) is 16.2. The predicted octanol–water partition coefficient (Wildman–Crippen LogP) is 13.3. The molecule has 0 saturated heterocycles. The van der Waals surface area contributed by atoms with Crippen molar-refractivity contribution in [3.8, 4) is 0 Å². The summed E-state index contributed by atoms with van der Waals surface area (Å²) in [5.74, 6) is 0.0195. The van der Waals surface area contributed by atoms with Crippen LogP contribution in [0.25, 0.3) is 22.5 Å². The van der Waals surface area contributed by atoms with Crippen LogP contribution >= 0.6 is 23.4 Å². The van der Waals surface area contributed by atoms with Crippen LogP contribution < -0.4 is 0 Å². The lowest BCUT2D eigenvalue weighted by molar-refractivity contribution is -0.138. The highest BCUT2D eigenvalue weighted by atomic mass is 35.5. The average molecular weight is 770 g/mol. The maximum atomic E-state index is 12.4. The van der Waals surface area contributed by atoms with Crippen LogP contribution in [-0.2, 0) is 15.1 Å². The van der Waals surface area contributed by atoms with Crippen LogP contribution in [0.1, 0.15) is 145 Å². The van der Waals surface area contributed by atoms with Crippen molar-refractivity contribution in [3.63, 3.8) is 0 Å². The minimum atomic E-state index is -0.959. The van der Waals surface area contributed by atoms with Gasteiger partial charge in [-0.3, -0.25) is 4.79 Å². The van der Waals surface area contributed by atoms with Gasteiger partial charge in [0.1, 0.15) is 0 Å². The number of aliphatic carboxylic acids is 1. The third-order valence-electron chi connectivity index (χ3n) is 14.2. The third kappa shape index (κ3) is 7.07. The molecule has 1 aliphatic rings. The number of fused-ring (bicyclic) bond motifs is 1. The number of allylic oxidation sites excluding steroid dienone is 1. The Hall–Kier alpha value is -3.12. The van der Waals surface area contributed by atoms with E-state index in [1.807, 2.05) is 57.7 Å². The van der Waals surface area contributed by atoms with Gasteiger partial charge < -0.3 is 10.2 Å². The van der Waals surface area contributed by atoms with Crippen LogP contribution in [0.3, 0.4) is 0 Å². The van der Waals surface area contributed by atoms with Crippen LogP contribution in [0.4, 0.5) is 0 Å². The maximum absolute atomic E-state index is 12.4. The molecule has 3 aromatic carbocycles. The van der Waals surface area contributed by atoms with E-state index < -0.39 is 16.3 Å². The Morgan fingerprint density at radius 1 is 0.963 bits per heavy atom. The number of pyridine rings is 1. The number of hydrogen-bond acceptors (Lipinski definition) is 4. The van der Waals surface area contributed by atoms with Gasteiger partial charge in [0, 0.05) is 26.3 Å². The first kappa shape index (κ1) is 40.5. The number of carboxylic acids is 1. The molecule has 1 heterocycles. The first-order valence-electron chi connectivity index (χ1n) is 19.9. The highest BCUT2D eigenvalue weighted by molar-refractivity contribution is 8.00. The summed E-state index contributed by atoms with van der Waals surface area (Å²) < 4.78 is 9.11. The van der Waals surface area contributed by atoms with Gasteiger partial charge in [-0.1, -0.05) is 89.5 Å². The first-order chi connectivity index (χ1) is 25.4. The Labute approximate surface area is 335 Å². The van der Waals surface area contributed by atoms with E-state index in [9.17, 15) is 16.4 Å². The predicted molar refractivity (Wildman–Crippen MR) is 232 cm³/mol. The fourth-order valence-electron chi connectivity index (χ4n) is 9.69. The Balaban J connectivity index is 1.67.